The Hall–Kier alpha value is -2.86. The third kappa shape index (κ3) is 3.28. The lowest BCUT2D eigenvalue weighted by Gasteiger charge is -2.43. The lowest BCUT2D eigenvalue weighted by molar-refractivity contribution is -0.154. The number of aliphatic carboxylic acids is 1. The summed E-state index contributed by atoms with van der Waals surface area (Å²) in [4.78, 5) is 11.8. The van der Waals surface area contributed by atoms with Crippen molar-refractivity contribution >= 4 is 16.9 Å². The minimum Gasteiger partial charge on any atom is -0.508 e. The number of nitrogens with zero attached hydrogens (tertiary/aromatic N) is 1. The van der Waals surface area contributed by atoms with Crippen molar-refractivity contribution in [2.24, 2.45) is 5.41 Å². The molecule has 32 heavy (non-hydrogen) atoms. The maximum atomic E-state index is 14.1. The number of carboxylic acids is 1. The second-order valence-corrected chi connectivity index (χ2v) is 9.63. The number of halogens is 1. The van der Waals surface area contributed by atoms with Gasteiger partial charge in [0, 0.05) is 35.9 Å². The molecule has 2 aromatic carbocycles. The Morgan fingerprint density at radius 3 is 2.50 bits per heavy atom. The molecule has 1 saturated carbocycles. The number of fused-ring (bicyclic) bond motifs is 1. The second-order valence-electron chi connectivity index (χ2n) is 9.63. The zero-order valence-electron chi connectivity index (χ0n) is 18.4. The van der Waals surface area contributed by atoms with Crippen LogP contribution in [0.1, 0.15) is 61.3 Å². The fourth-order valence-corrected chi connectivity index (χ4v) is 5.58. The van der Waals surface area contributed by atoms with E-state index >= 15 is 0 Å². The predicted octanol–water partition coefficient (Wildman–Crippen LogP) is 5.65. The monoisotopic (exact) mass is 437 g/mol. The number of aromatic hydroxyl groups is 1. The molecule has 0 radical (unpaired) electrons. The summed E-state index contributed by atoms with van der Waals surface area (Å²) in [6.07, 6.45) is 2.88. The summed E-state index contributed by atoms with van der Waals surface area (Å²) in [7, 11) is 0. The van der Waals surface area contributed by atoms with Crippen LogP contribution in [0.2, 0.25) is 0 Å². The molecule has 1 aliphatic heterocycles. The van der Waals surface area contributed by atoms with Crippen LogP contribution in [0.3, 0.4) is 0 Å². The van der Waals surface area contributed by atoms with Gasteiger partial charge in [0.25, 0.3) is 0 Å². The zero-order chi connectivity index (χ0) is 22.6. The molecule has 5 rings (SSSR count). The molecule has 2 N–H and O–H groups in total. The maximum absolute atomic E-state index is 14.1. The average molecular weight is 438 g/mol. The minimum atomic E-state index is -0.762. The highest BCUT2D eigenvalue weighted by Crippen LogP contribution is 2.55. The van der Waals surface area contributed by atoms with Crippen LogP contribution in [0.15, 0.2) is 36.4 Å². The zero-order valence-corrected chi connectivity index (χ0v) is 18.4. The second kappa shape index (κ2) is 7.62. The molecule has 0 atom stereocenters. The van der Waals surface area contributed by atoms with Crippen molar-refractivity contribution in [3.63, 3.8) is 0 Å². The molecule has 1 aliphatic carbocycles. The summed E-state index contributed by atoms with van der Waals surface area (Å²) in [5.41, 5.74) is 3.96. The number of phenols is 1. The van der Waals surface area contributed by atoms with E-state index in [1.807, 2.05) is 12.1 Å². The summed E-state index contributed by atoms with van der Waals surface area (Å²) >= 11 is 0. The number of hydrogen-bond acceptors (Lipinski definition) is 3. The Morgan fingerprint density at radius 1 is 1.12 bits per heavy atom. The van der Waals surface area contributed by atoms with Gasteiger partial charge in [-0.2, -0.15) is 0 Å². The van der Waals surface area contributed by atoms with Crippen LogP contribution in [0.5, 0.6) is 5.75 Å². The first-order valence-corrected chi connectivity index (χ1v) is 11.2. The topological polar surface area (TPSA) is 71.7 Å². The van der Waals surface area contributed by atoms with Crippen molar-refractivity contribution in [3.8, 4) is 11.4 Å². The van der Waals surface area contributed by atoms with Crippen molar-refractivity contribution in [1.82, 2.24) is 4.57 Å². The first-order chi connectivity index (χ1) is 15.3. The normalized spacial score (nSPS) is 23.9. The Kier molecular flexibility index (Phi) is 5.01. The molecule has 0 amide bonds. The van der Waals surface area contributed by atoms with Gasteiger partial charge in [-0.3, -0.25) is 4.79 Å². The molecule has 2 heterocycles. The summed E-state index contributed by atoms with van der Waals surface area (Å²) in [6.45, 7) is 4.92. The van der Waals surface area contributed by atoms with Crippen LogP contribution in [0.4, 0.5) is 4.39 Å². The molecule has 0 spiro atoms. The van der Waals surface area contributed by atoms with Crippen molar-refractivity contribution in [1.29, 1.82) is 0 Å². The number of ether oxygens (including phenoxy) is 1. The quantitative estimate of drug-likeness (QED) is 0.554. The third-order valence-corrected chi connectivity index (χ3v) is 7.35. The molecule has 168 valence electrons. The highest BCUT2D eigenvalue weighted by molar-refractivity contribution is 5.90. The summed E-state index contributed by atoms with van der Waals surface area (Å²) < 4.78 is 21.9. The van der Waals surface area contributed by atoms with Gasteiger partial charge >= 0.3 is 5.97 Å². The number of aromatic nitrogens is 1. The van der Waals surface area contributed by atoms with E-state index in [0.717, 1.165) is 40.7 Å². The maximum Gasteiger partial charge on any atom is 0.309 e. The molecular formula is C26H28FNO4. The standard InChI is InChI=1S/C26H28FNO4/c1-15-11-18(3-5-21(15)27)28-22-6-4-19(29)12-20(22)23(17-13-26(2,14-17)25(30)31)24(28)16-7-9-32-10-8-16/h3-6,11-12,16-17,29H,7-10,13-14H2,1-2H3,(H,30,31)/t17-,26-. The van der Waals surface area contributed by atoms with Crippen LogP contribution in [-0.2, 0) is 9.53 Å². The van der Waals surface area contributed by atoms with Crippen LogP contribution < -0.4 is 0 Å². The predicted molar refractivity (Wildman–Crippen MR) is 120 cm³/mol. The fraction of sp³-hybridized carbons (Fsp3) is 0.423. The van der Waals surface area contributed by atoms with E-state index in [1.165, 1.54) is 6.07 Å². The molecule has 0 bridgehead atoms. The summed E-state index contributed by atoms with van der Waals surface area (Å²) in [6, 6.07) is 10.5. The van der Waals surface area contributed by atoms with Gasteiger partial charge in [0.05, 0.1) is 10.9 Å². The largest absolute Gasteiger partial charge is 0.508 e. The van der Waals surface area contributed by atoms with Crippen LogP contribution in [0.25, 0.3) is 16.6 Å². The number of carbonyl (C=O) groups is 1. The molecule has 2 aliphatic rings. The average Bonchev–Trinajstić information content (AvgIpc) is 3.07. The number of hydrogen-bond donors (Lipinski definition) is 2. The molecule has 1 aromatic heterocycles. The van der Waals surface area contributed by atoms with Gasteiger partial charge in [-0.15, -0.1) is 0 Å². The van der Waals surface area contributed by atoms with Crippen molar-refractivity contribution in [2.75, 3.05) is 13.2 Å². The minimum absolute atomic E-state index is 0.0982. The van der Waals surface area contributed by atoms with E-state index in [0.29, 0.717) is 31.6 Å². The first-order valence-electron chi connectivity index (χ1n) is 11.2. The third-order valence-electron chi connectivity index (χ3n) is 7.35. The van der Waals surface area contributed by atoms with Gasteiger partial charge in [0.15, 0.2) is 0 Å². The van der Waals surface area contributed by atoms with Crippen molar-refractivity contribution in [3.05, 3.63) is 59.0 Å². The van der Waals surface area contributed by atoms with Gasteiger partial charge in [-0.1, -0.05) is 0 Å². The molecule has 6 heteroatoms. The number of carboxylic acid groups (broad SMARTS) is 1. The van der Waals surface area contributed by atoms with Crippen LogP contribution >= 0.6 is 0 Å². The summed E-state index contributed by atoms with van der Waals surface area (Å²) in [5, 5.41) is 20.9. The van der Waals surface area contributed by atoms with Crippen molar-refractivity contribution < 1.29 is 24.1 Å². The van der Waals surface area contributed by atoms with E-state index in [-0.39, 0.29) is 23.4 Å². The Bertz CT molecular complexity index is 1200. The van der Waals surface area contributed by atoms with Crippen molar-refractivity contribution in [2.45, 2.75) is 51.4 Å². The lowest BCUT2D eigenvalue weighted by Crippen LogP contribution is -2.40. The molecule has 5 nitrogen and oxygen atoms in total. The SMILES string of the molecule is Cc1cc(-n2c(C3CCOCC3)c([C@H]3C[C@](C)(C(=O)O)C3)c3cc(O)ccc32)ccc1F. The van der Waals surface area contributed by atoms with Gasteiger partial charge < -0.3 is 19.5 Å². The Balaban J connectivity index is 1.76. The lowest BCUT2D eigenvalue weighted by atomic mass is 9.60. The van der Waals surface area contributed by atoms with Gasteiger partial charge in [0.1, 0.15) is 11.6 Å². The first kappa shape index (κ1) is 21.0. The van der Waals surface area contributed by atoms with E-state index in [2.05, 4.69) is 4.57 Å². The van der Waals surface area contributed by atoms with Gasteiger partial charge in [-0.05, 0) is 93.0 Å². The Labute approximate surface area is 186 Å². The molecule has 0 unspecified atom stereocenters. The molecule has 2 fully saturated rings. The molecule has 3 aromatic rings. The summed E-state index contributed by atoms with van der Waals surface area (Å²) in [5.74, 6) is -0.476. The van der Waals surface area contributed by atoms with Crippen LogP contribution in [0, 0.1) is 18.2 Å². The Morgan fingerprint density at radius 2 is 1.84 bits per heavy atom. The van der Waals surface area contributed by atoms with E-state index in [9.17, 15) is 19.4 Å². The number of phenolic OH excluding ortho intramolecular Hbond substituents is 1. The number of rotatable bonds is 4. The van der Waals surface area contributed by atoms with E-state index in [1.54, 1.807) is 32.0 Å². The highest BCUT2D eigenvalue weighted by atomic mass is 19.1. The van der Waals surface area contributed by atoms with E-state index < -0.39 is 11.4 Å². The smallest absolute Gasteiger partial charge is 0.309 e. The molecular weight excluding hydrogens is 409 g/mol. The van der Waals surface area contributed by atoms with Crippen LogP contribution in [-0.4, -0.2) is 34.0 Å². The number of benzene rings is 2. The molecule has 1 saturated heterocycles. The van der Waals surface area contributed by atoms with Gasteiger partial charge in [-0.25, -0.2) is 4.39 Å². The highest BCUT2D eigenvalue weighted by Gasteiger charge is 2.49. The van der Waals surface area contributed by atoms with E-state index in [4.69, 9.17) is 4.74 Å². The number of aryl methyl sites for hydroxylation is 1. The van der Waals surface area contributed by atoms with Gasteiger partial charge in [0.2, 0.25) is 0 Å². The fourth-order valence-electron chi connectivity index (χ4n) is 5.58.